The minimum absolute atomic E-state index is 0.0623. The summed E-state index contributed by atoms with van der Waals surface area (Å²) in [5, 5.41) is 69.2. The van der Waals surface area contributed by atoms with Crippen LogP contribution in [-0.2, 0) is 78.7 Å². The largest absolute Gasteiger partial charge is 0.490 e. The molecule has 6 rings (SSSR count). The van der Waals surface area contributed by atoms with Crippen molar-refractivity contribution in [1.82, 2.24) is 28.7 Å². The molecule has 0 saturated carbocycles. The lowest BCUT2D eigenvalue weighted by Gasteiger charge is -2.19. The van der Waals surface area contributed by atoms with Crippen molar-refractivity contribution in [2.75, 3.05) is 41.2 Å². The van der Waals surface area contributed by atoms with Crippen molar-refractivity contribution in [2.45, 2.75) is 73.6 Å². The van der Waals surface area contributed by atoms with Crippen LogP contribution in [0.2, 0.25) is 0 Å². The lowest BCUT2D eigenvalue weighted by molar-refractivity contribution is -0.135. The van der Waals surface area contributed by atoms with E-state index >= 15 is 0 Å². The molecule has 0 radical (unpaired) electrons. The van der Waals surface area contributed by atoms with Gasteiger partial charge in [-0.1, -0.05) is 0 Å². The molecule has 0 bridgehead atoms. The molecule has 40 nitrogen and oxygen atoms in total. The molecule has 3 fully saturated rings. The number of phosphoric ester groups is 1. The van der Waals surface area contributed by atoms with Gasteiger partial charge < -0.3 is 88.3 Å². The zero-order valence-electron chi connectivity index (χ0n) is 42.9. The zero-order chi connectivity index (χ0) is 64.3. The number of methoxy groups -OCH3 is 3. The number of H-pyrrole nitrogens is 3. The van der Waals surface area contributed by atoms with E-state index in [1.54, 1.807) is 0 Å². The number of aromatic nitrogens is 6. The van der Waals surface area contributed by atoms with Gasteiger partial charge in [0, 0.05) is 36.8 Å². The quantitative estimate of drug-likeness (QED) is 0.0218. The summed E-state index contributed by atoms with van der Waals surface area (Å²) in [4.78, 5) is 146. The van der Waals surface area contributed by atoms with Crippen molar-refractivity contribution in [3.8, 4) is 0 Å². The van der Waals surface area contributed by atoms with Crippen molar-refractivity contribution < 1.29 is 134 Å². The fraction of sp³-hybridized carbons (Fsp3) is 0.462. The predicted molar refractivity (Wildman–Crippen MR) is 277 cm³/mol. The Morgan fingerprint density at radius 3 is 1.11 bits per heavy atom. The van der Waals surface area contributed by atoms with Crippen LogP contribution in [0.15, 0.2) is 65.6 Å². The maximum atomic E-state index is 12.2. The second-order valence-electron chi connectivity index (χ2n) is 16.7. The molecule has 6 heterocycles. The number of hydrogen-bond donors (Lipinski definition) is 14. The maximum absolute atomic E-state index is 12.2. The van der Waals surface area contributed by atoms with Crippen LogP contribution in [-0.4, -0.2) is 198 Å². The standard InChI is InChI=1S/C13H15Cl2N2O9P.C13H19N2O17P3.C13H16N2O8/c1-24-8(18)3-2-6-4-17(13(22)16-11(6)21)12-10(20)9(19)7(26-12)5-25-27(14,15)23;1-28-8(16)3-2-6-4-15(13(20)14-11(6)19)12-10(18)9(17)7(30-12)5-29-34(24,25)32-35(26,27)31-33(21,22)23;1-22-8(17)3-2-6-4-15(13(21)14-11(6)20)12-10(19)9(18)7(5-16)23-12/h2-4,7,9-10,12,19-20H,5H2,1H3,(H,16,21,22);2-4,7,9-10,12,17-18H,5H2,1H3,(H,24,25)(H,26,27)(H,14,19,20)(H2,21,22,23);2-4,7,9-10,12,16,18-19H,5H2,1H3,(H,14,20,21)/b3*3-2+/t3*7-,9+,10?,12-/m111/s1. The van der Waals surface area contributed by atoms with E-state index < -0.39 is 175 Å². The minimum atomic E-state index is -5.79. The van der Waals surface area contributed by atoms with E-state index in [9.17, 15) is 96.9 Å². The van der Waals surface area contributed by atoms with Gasteiger partial charge in [0.25, 0.3) is 16.7 Å². The first-order valence-corrected chi connectivity index (χ1v) is 30.7. The number of carbonyl (C=O) groups excluding carboxylic acids is 3. The SMILES string of the molecule is COC(=O)/C=C/c1cn([C@@H]2O[C@H](CO)[C@H](O)C2O)c(=O)[nH]c1=O.COC(=O)/C=C/c1cn([C@@H]2O[C@H](COP(=O)(Cl)Cl)[C@H](O)C2O)c(=O)[nH]c1=O.COC(=O)/C=C/c1cn([C@@H]2O[C@H](COP(=O)(O)OP(=O)(O)OP(=O)(O)O)[C@H](O)C2O)c(=O)[nH]c1=O. The number of phosphoric acid groups is 3. The molecule has 0 aromatic carbocycles. The van der Waals surface area contributed by atoms with Crippen LogP contribution in [0.1, 0.15) is 35.4 Å². The van der Waals surface area contributed by atoms with Gasteiger partial charge in [-0.3, -0.25) is 52.1 Å². The second kappa shape index (κ2) is 30.4. The smallest absolute Gasteiger partial charge is 0.466 e. The molecule has 0 amide bonds. The highest BCUT2D eigenvalue weighted by atomic mass is 35.9. The van der Waals surface area contributed by atoms with Crippen LogP contribution < -0.4 is 33.7 Å². The second-order valence-corrected chi connectivity index (χ2v) is 25.4. The number of hydrogen-bond acceptors (Lipinski definition) is 30. The predicted octanol–water partition coefficient (Wildman–Crippen LogP) is -5.04. The average molecular weight is 1340 g/mol. The van der Waals surface area contributed by atoms with Gasteiger partial charge in [-0.05, 0) is 40.7 Å². The third kappa shape index (κ3) is 20.5. The minimum Gasteiger partial charge on any atom is -0.466 e. The fourth-order valence-corrected chi connectivity index (χ4v) is 10.7. The average Bonchev–Trinajstić information content (AvgIpc) is 2.67. The molecule has 0 spiro atoms. The van der Waals surface area contributed by atoms with Crippen LogP contribution in [0, 0.1) is 0 Å². The Hall–Kier alpha value is -5.55. The number of nitrogens with zero attached hydrogens (tertiary/aromatic N) is 3. The van der Waals surface area contributed by atoms with Gasteiger partial charge in [0.05, 0.1) is 57.8 Å². The Kier molecular flexibility index (Phi) is 25.7. The third-order valence-electron chi connectivity index (χ3n) is 11.0. The van der Waals surface area contributed by atoms with Crippen molar-refractivity contribution in [3.63, 3.8) is 0 Å². The maximum Gasteiger partial charge on any atom is 0.490 e. The molecule has 3 aromatic heterocycles. The van der Waals surface area contributed by atoms with Gasteiger partial charge in [0.2, 0.25) is 0 Å². The highest BCUT2D eigenvalue weighted by Crippen LogP contribution is 2.66. The Labute approximate surface area is 480 Å². The van der Waals surface area contributed by atoms with E-state index in [0.717, 1.165) is 85.5 Å². The Bertz CT molecular complexity index is 3570. The lowest BCUT2D eigenvalue weighted by Crippen LogP contribution is -2.38. The summed E-state index contributed by atoms with van der Waals surface area (Å²) in [5.41, 5.74) is -5.85. The summed E-state index contributed by atoms with van der Waals surface area (Å²) in [6.45, 7) is -2.19. The Morgan fingerprint density at radius 1 is 0.518 bits per heavy atom. The Morgan fingerprint density at radius 2 is 0.824 bits per heavy atom. The van der Waals surface area contributed by atoms with Crippen LogP contribution in [0.4, 0.5) is 0 Å². The summed E-state index contributed by atoms with van der Waals surface area (Å²) in [6, 6.07) is 0. The van der Waals surface area contributed by atoms with Crippen LogP contribution >= 0.6 is 52.0 Å². The number of nitrogens with one attached hydrogen (secondary N) is 3. The molecule has 3 saturated heterocycles. The number of esters is 3. The summed E-state index contributed by atoms with van der Waals surface area (Å²) in [5.74, 6) is -2.26. The number of rotatable bonds is 20. The third-order valence-corrected chi connectivity index (χ3v) is 15.8. The van der Waals surface area contributed by atoms with Gasteiger partial charge in [-0.15, -0.1) is 0 Å². The molecule has 3 aliphatic rings. The lowest BCUT2D eigenvalue weighted by atomic mass is 10.1. The zero-order valence-corrected chi connectivity index (χ0v) is 48.0. The molecule has 5 unspecified atom stereocenters. The van der Waals surface area contributed by atoms with Gasteiger partial charge in [0.1, 0.15) is 54.9 Å². The summed E-state index contributed by atoms with van der Waals surface area (Å²) >= 11 is 10.5. The molecule has 3 aliphatic heterocycles. The number of ether oxygens (including phenoxy) is 6. The number of halogens is 2. The van der Waals surface area contributed by atoms with Crippen molar-refractivity contribution in [3.05, 3.63) is 116 Å². The van der Waals surface area contributed by atoms with Gasteiger partial charge >= 0.3 is 64.5 Å². The first-order chi connectivity index (χ1) is 39.4. The summed E-state index contributed by atoms with van der Waals surface area (Å²) in [7, 11) is -13.6. The molecular formula is C39H50Cl2N6O34P4. The van der Waals surface area contributed by atoms with Crippen molar-refractivity contribution in [1.29, 1.82) is 0 Å². The van der Waals surface area contributed by atoms with Crippen LogP contribution in [0.3, 0.4) is 0 Å². The molecule has 85 heavy (non-hydrogen) atoms. The fourth-order valence-electron chi connectivity index (χ4n) is 7.04. The van der Waals surface area contributed by atoms with Gasteiger partial charge in [-0.2, -0.15) is 8.62 Å². The monoisotopic (exact) mass is 1340 g/mol. The molecule has 3 aromatic rings. The van der Waals surface area contributed by atoms with E-state index in [1.807, 2.05) is 15.0 Å². The number of aromatic amines is 3. The molecule has 46 heteroatoms. The van der Waals surface area contributed by atoms with E-state index in [-0.39, 0.29) is 16.7 Å². The van der Waals surface area contributed by atoms with Crippen LogP contribution in [0.5, 0.6) is 0 Å². The van der Waals surface area contributed by atoms with Crippen LogP contribution in [0.25, 0.3) is 18.2 Å². The number of aliphatic hydroxyl groups is 7. The molecular weight excluding hydrogens is 1290 g/mol. The Balaban J connectivity index is 0.000000280. The van der Waals surface area contributed by atoms with Crippen molar-refractivity contribution >= 4 is 88.2 Å². The number of carbonyl (C=O) groups is 3. The molecule has 474 valence electrons. The highest BCUT2D eigenvalue weighted by molar-refractivity contribution is 8.05. The number of aliphatic hydroxyl groups excluding tert-OH is 7. The first kappa shape index (κ1) is 71.9. The highest BCUT2D eigenvalue weighted by Gasteiger charge is 2.48. The normalized spacial score (nSPS) is 26.5. The van der Waals surface area contributed by atoms with E-state index in [4.69, 9.17) is 56.5 Å². The summed E-state index contributed by atoms with van der Waals surface area (Å²) in [6.07, 6.45) is -13.1. The topological polar surface area (TPSA) is 599 Å². The first-order valence-electron chi connectivity index (χ1n) is 22.8. The molecule has 14 N–H and O–H groups in total. The van der Waals surface area contributed by atoms with Gasteiger partial charge in [-0.25, -0.2) is 42.5 Å². The summed E-state index contributed by atoms with van der Waals surface area (Å²) < 4.78 is 92.2. The van der Waals surface area contributed by atoms with E-state index in [1.165, 1.54) is 0 Å². The van der Waals surface area contributed by atoms with E-state index in [0.29, 0.717) is 4.57 Å². The molecule has 0 aliphatic carbocycles. The molecule has 14 atom stereocenters. The van der Waals surface area contributed by atoms with Gasteiger partial charge in [0.15, 0.2) is 18.7 Å². The van der Waals surface area contributed by atoms with E-state index in [2.05, 4.69) is 31.9 Å². The van der Waals surface area contributed by atoms with Crippen molar-refractivity contribution in [2.24, 2.45) is 0 Å².